The van der Waals surface area contributed by atoms with Crippen molar-refractivity contribution in [2.45, 2.75) is 39.2 Å². The van der Waals surface area contributed by atoms with E-state index in [0.717, 1.165) is 6.42 Å². The molecule has 0 fully saturated rings. The second-order valence-electron chi connectivity index (χ2n) is 4.95. The molecule has 1 aromatic heterocycles. The van der Waals surface area contributed by atoms with Crippen molar-refractivity contribution in [3.63, 3.8) is 0 Å². The molecule has 1 N–H and O–H groups in total. The minimum Gasteiger partial charge on any atom is -0.393 e. The summed E-state index contributed by atoms with van der Waals surface area (Å²) in [5, 5.41) is 13.6. The summed E-state index contributed by atoms with van der Waals surface area (Å²) in [6.07, 6.45) is 1.33. The summed E-state index contributed by atoms with van der Waals surface area (Å²) in [6, 6.07) is 0. The summed E-state index contributed by atoms with van der Waals surface area (Å²) < 4.78 is 15.3. The van der Waals surface area contributed by atoms with Crippen LogP contribution in [0.3, 0.4) is 0 Å². The van der Waals surface area contributed by atoms with Crippen LogP contribution in [0.2, 0.25) is 0 Å². The highest BCUT2D eigenvalue weighted by molar-refractivity contribution is 4.88. The molecule has 6 heteroatoms. The van der Waals surface area contributed by atoms with Gasteiger partial charge in [0.15, 0.2) is 5.82 Å². The number of ether oxygens (including phenoxy) is 2. The molecular formula is C13H24N2O4. The van der Waals surface area contributed by atoms with Crippen molar-refractivity contribution in [2.75, 3.05) is 26.9 Å². The van der Waals surface area contributed by atoms with Crippen LogP contribution in [-0.4, -0.2) is 48.3 Å². The molecule has 1 unspecified atom stereocenters. The Morgan fingerprint density at radius 1 is 1.26 bits per heavy atom. The van der Waals surface area contributed by atoms with Crippen LogP contribution in [-0.2, 0) is 22.3 Å². The second kappa shape index (κ2) is 9.01. The van der Waals surface area contributed by atoms with Crippen molar-refractivity contribution in [2.24, 2.45) is 5.92 Å². The van der Waals surface area contributed by atoms with Gasteiger partial charge >= 0.3 is 0 Å². The zero-order chi connectivity index (χ0) is 14.1. The van der Waals surface area contributed by atoms with E-state index in [1.807, 2.05) is 0 Å². The van der Waals surface area contributed by atoms with Gasteiger partial charge in [0.25, 0.3) is 0 Å². The number of rotatable bonds is 10. The lowest BCUT2D eigenvalue weighted by Crippen LogP contribution is -2.13. The lowest BCUT2D eigenvalue weighted by molar-refractivity contribution is 0.0714. The standard InChI is InChI=1S/C13H24N2O4/c1-10(2)8-11(16)9-13-14-12(15-19-13)4-5-18-7-6-17-3/h10-11,16H,4-9H2,1-3H3. The summed E-state index contributed by atoms with van der Waals surface area (Å²) in [5.74, 6) is 1.55. The second-order valence-corrected chi connectivity index (χ2v) is 4.95. The minimum atomic E-state index is -0.425. The molecule has 110 valence electrons. The third-order valence-corrected chi connectivity index (χ3v) is 2.57. The Labute approximate surface area is 114 Å². The SMILES string of the molecule is COCCOCCc1noc(CC(O)CC(C)C)n1. The molecule has 19 heavy (non-hydrogen) atoms. The molecule has 0 aliphatic carbocycles. The third-order valence-electron chi connectivity index (χ3n) is 2.57. The topological polar surface area (TPSA) is 77.6 Å². The average Bonchev–Trinajstić information content (AvgIpc) is 2.75. The number of aromatic nitrogens is 2. The maximum Gasteiger partial charge on any atom is 0.229 e. The fraction of sp³-hybridized carbons (Fsp3) is 0.846. The first kappa shape index (κ1) is 16.1. The van der Waals surface area contributed by atoms with E-state index < -0.39 is 6.10 Å². The molecular weight excluding hydrogens is 248 g/mol. The van der Waals surface area contributed by atoms with Gasteiger partial charge in [-0.2, -0.15) is 4.98 Å². The molecule has 1 heterocycles. The van der Waals surface area contributed by atoms with E-state index in [1.54, 1.807) is 7.11 Å². The van der Waals surface area contributed by atoms with Gasteiger partial charge in [0.2, 0.25) is 5.89 Å². The Morgan fingerprint density at radius 3 is 2.74 bits per heavy atom. The third kappa shape index (κ3) is 7.25. The van der Waals surface area contributed by atoms with Gasteiger partial charge < -0.3 is 19.1 Å². The zero-order valence-corrected chi connectivity index (χ0v) is 12.0. The highest BCUT2D eigenvalue weighted by atomic mass is 16.5. The van der Waals surface area contributed by atoms with Crippen LogP contribution < -0.4 is 0 Å². The first-order valence-corrected chi connectivity index (χ1v) is 6.68. The molecule has 0 saturated carbocycles. The van der Waals surface area contributed by atoms with Crippen molar-refractivity contribution < 1.29 is 19.1 Å². The van der Waals surface area contributed by atoms with Crippen LogP contribution in [0.1, 0.15) is 32.0 Å². The number of aliphatic hydroxyl groups is 1. The lowest BCUT2D eigenvalue weighted by Gasteiger charge is -2.09. The van der Waals surface area contributed by atoms with E-state index >= 15 is 0 Å². The average molecular weight is 272 g/mol. The van der Waals surface area contributed by atoms with E-state index in [0.29, 0.717) is 50.3 Å². The highest BCUT2D eigenvalue weighted by Gasteiger charge is 2.13. The quantitative estimate of drug-likeness (QED) is 0.645. The zero-order valence-electron chi connectivity index (χ0n) is 12.0. The Bertz CT molecular complexity index is 341. The largest absolute Gasteiger partial charge is 0.393 e. The molecule has 0 aliphatic rings. The van der Waals surface area contributed by atoms with E-state index in [2.05, 4.69) is 24.0 Å². The summed E-state index contributed by atoms with van der Waals surface area (Å²) in [5.41, 5.74) is 0. The molecule has 0 radical (unpaired) electrons. The minimum absolute atomic E-state index is 0.412. The van der Waals surface area contributed by atoms with Gasteiger partial charge in [0.1, 0.15) is 0 Å². The molecule has 0 bridgehead atoms. The fourth-order valence-corrected chi connectivity index (χ4v) is 1.71. The predicted molar refractivity (Wildman–Crippen MR) is 69.9 cm³/mol. The maximum absolute atomic E-state index is 9.79. The van der Waals surface area contributed by atoms with Gasteiger partial charge in [-0.25, -0.2) is 0 Å². The van der Waals surface area contributed by atoms with Crippen molar-refractivity contribution in [1.82, 2.24) is 10.1 Å². The van der Waals surface area contributed by atoms with Gasteiger partial charge in [-0.05, 0) is 12.3 Å². The Morgan fingerprint density at radius 2 is 2.05 bits per heavy atom. The van der Waals surface area contributed by atoms with Crippen LogP contribution in [0.25, 0.3) is 0 Å². The molecule has 1 atom stereocenters. The number of nitrogens with zero attached hydrogens (tertiary/aromatic N) is 2. The first-order valence-electron chi connectivity index (χ1n) is 6.68. The van der Waals surface area contributed by atoms with Crippen molar-refractivity contribution >= 4 is 0 Å². The van der Waals surface area contributed by atoms with Crippen molar-refractivity contribution in [3.05, 3.63) is 11.7 Å². The molecule has 0 amide bonds. The molecule has 1 aromatic rings. The normalized spacial score (nSPS) is 13.1. The maximum atomic E-state index is 9.79. The van der Waals surface area contributed by atoms with E-state index in [1.165, 1.54) is 0 Å². The summed E-state index contributed by atoms with van der Waals surface area (Å²) in [7, 11) is 1.64. The highest BCUT2D eigenvalue weighted by Crippen LogP contribution is 2.09. The van der Waals surface area contributed by atoms with E-state index in [-0.39, 0.29) is 0 Å². The van der Waals surface area contributed by atoms with Gasteiger partial charge in [0, 0.05) is 13.5 Å². The van der Waals surface area contributed by atoms with E-state index in [4.69, 9.17) is 14.0 Å². The summed E-state index contributed by atoms with van der Waals surface area (Å²) in [6.45, 7) is 5.82. The Kier molecular flexibility index (Phi) is 7.62. The van der Waals surface area contributed by atoms with Crippen molar-refractivity contribution in [3.8, 4) is 0 Å². The molecule has 6 nitrogen and oxygen atoms in total. The summed E-state index contributed by atoms with van der Waals surface area (Å²) >= 11 is 0. The van der Waals surface area contributed by atoms with Gasteiger partial charge in [-0.3, -0.25) is 0 Å². The lowest BCUT2D eigenvalue weighted by atomic mass is 10.0. The van der Waals surface area contributed by atoms with Crippen LogP contribution in [0.4, 0.5) is 0 Å². The van der Waals surface area contributed by atoms with E-state index in [9.17, 15) is 5.11 Å². The number of aliphatic hydroxyl groups excluding tert-OH is 1. The summed E-state index contributed by atoms with van der Waals surface area (Å²) in [4.78, 5) is 4.23. The Hall–Kier alpha value is -0.980. The molecule has 0 spiro atoms. The number of hydrogen-bond donors (Lipinski definition) is 1. The van der Waals surface area contributed by atoms with Gasteiger partial charge in [0.05, 0.1) is 32.3 Å². The monoisotopic (exact) mass is 272 g/mol. The number of hydrogen-bond acceptors (Lipinski definition) is 6. The molecule has 0 aliphatic heterocycles. The number of methoxy groups -OCH3 is 1. The molecule has 1 rings (SSSR count). The van der Waals surface area contributed by atoms with Gasteiger partial charge in [-0.1, -0.05) is 19.0 Å². The Balaban J connectivity index is 2.24. The van der Waals surface area contributed by atoms with Crippen molar-refractivity contribution in [1.29, 1.82) is 0 Å². The van der Waals surface area contributed by atoms with Crippen LogP contribution >= 0.6 is 0 Å². The van der Waals surface area contributed by atoms with Crippen LogP contribution in [0, 0.1) is 5.92 Å². The van der Waals surface area contributed by atoms with Crippen LogP contribution in [0.15, 0.2) is 4.52 Å². The predicted octanol–water partition coefficient (Wildman–Crippen LogP) is 1.22. The fourth-order valence-electron chi connectivity index (χ4n) is 1.71. The van der Waals surface area contributed by atoms with Gasteiger partial charge in [-0.15, -0.1) is 0 Å². The van der Waals surface area contributed by atoms with Crippen LogP contribution in [0.5, 0.6) is 0 Å². The molecule has 0 aromatic carbocycles. The smallest absolute Gasteiger partial charge is 0.229 e. The first-order chi connectivity index (χ1) is 9.11. The molecule has 0 saturated heterocycles.